The van der Waals surface area contributed by atoms with Crippen LogP contribution in [0.15, 0.2) is 24.3 Å². The number of H-pyrrole nitrogens is 1. The lowest BCUT2D eigenvalue weighted by molar-refractivity contribution is -0.132. The number of nitrogens with one attached hydrogen (secondary N) is 1. The van der Waals surface area contributed by atoms with E-state index in [0.29, 0.717) is 17.9 Å². The van der Waals surface area contributed by atoms with Crippen molar-refractivity contribution in [3.05, 3.63) is 40.4 Å². The molecule has 0 fully saturated rings. The molecule has 0 unspecified atom stereocenters. The first-order valence-corrected chi connectivity index (χ1v) is 8.66. The summed E-state index contributed by atoms with van der Waals surface area (Å²) in [6.07, 6.45) is 2.55. The number of aryl methyl sites for hydroxylation is 1. The summed E-state index contributed by atoms with van der Waals surface area (Å²) in [5, 5.41) is 16.9. The zero-order valence-corrected chi connectivity index (χ0v) is 15.0. The highest BCUT2D eigenvalue weighted by atomic mass is 32.1. The molecule has 0 saturated heterocycles. The summed E-state index contributed by atoms with van der Waals surface area (Å²) in [7, 11) is 0. The van der Waals surface area contributed by atoms with Crippen LogP contribution in [0.5, 0.6) is 5.75 Å². The van der Waals surface area contributed by atoms with E-state index in [1.165, 1.54) is 0 Å². The highest BCUT2D eigenvalue weighted by Crippen LogP contribution is 2.18. The number of rotatable bonds is 8. The number of benzene rings is 1. The summed E-state index contributed by atoms with van der Waals surface area (Å²) >= 11 is 5.24. The minimum atomic E-state index is -0.0324. The second-order valence-electron chi connectivity index (χ2n) is 5.73. The molecule has 24 heavy (non-hydrogen) atoms. The molecule has 0 spiro atoms. The minimum absolute atomic E-state index is 0.0324. The highest BCUT2D eigenvalue weighted by Gasteiger charge is 2.17. The first-order chi connectivity index (χ1) is 11.6. The second kappa shape index (κ2) is 8.63. The van der Waals surface area contributed by atoms with Crippen molar-refractivity contribution in [2.24, 2.45) is 0 Å². The van der Waals surface area contributed by atoms with Crippen LogP contribution in [0, 0.1) is 4.77 Å². The van der Waals surface area contributed by atoms with Crippen LogP contribution in [0.4, 0.5) is 0 Å². The van der Waals surface area contributed by atoms with Gasteiger partial charge in [0.25, 0.3) is 0 Å². The summed E-state index contributed by atoms with van der Waals surface area (Å²) in [6, 6.07) is 7.09. The van der Waals surface area contributed by atoms with Gasteiger partial charge < -0.3 is 10.0 Å². The second-order valence-corrected chi connectivity index (χ2v) is 6.11. The molecule has 2 N–H and O–H groups in total. The lowest BCUT2D eigenvalue weighted by atomic mass is 10.2. The van der Waals surface area contributed by atoms with Gasteiger partial charge >= 0.3 is 0 Å². The molecule has 1 aromatic heterocycles. The summed E-state index contributed by atoms with van der Waals surface area (Å²) in [6.45, 7) is 5.26. The molecule has 1 aromatic carbocycles. The van der Waals surface area contributed by atoms with Crippen LogP contribution in [0.25, 0.3) is 0 Å². The third kappa shape index (κ3) is 4.44. The molecule has 2 rings (SSSR count). The Morgan fingerprint density at radius 1 is 1.33 bits per heavy atom. The van der Waals surface area contributed by atoms with Gasteiger partial charge in [0, 0.05) is 25.1 Å². The monoisotopic (exact) mass is 348 g/mol. The van der Waals surface area contributed by atoms with E-state index >= 15 is 0 Å². The van der Waals surface area contributed by atoms with E-state index in [1.807, 2.05) is 19.1 Å². The quantitative estimate of drug-likeness (QED) is 0.719. The summed E-state index contributed by atoms with van der Waals surface area (Å²) in [4.78, 5) is 14.5. The topological polar surface area (TPSA) is 74.2 Å². The fraction of sp³-hybridized carbons (Fsp3) is 0.471. The average molecular weight is 348 g/mol. The molecule has 0 aliphatic carbocycles. The van der Waals surface area contributed by atoms with Gasteiger partial charge in [-0.15, -0.1) is 0 Å². The first kappa shape index (κ1) is 18.2. The molecule has 0 aliphatic heterocycles. The van der Waals surface area contributed by atoms with Crippen LogP contribution in [0.2, 0.25) is 0 Å². The van der Waals surface area contributed by atoms with Crippen LogP contribution in [-0.2, 0) is 24.3 Å². The Morgan fingerprint density at radius 3 is 2.75 bits per heavy atom. The number of para-hydroxylation sites is 1. The number of hydrogen-bond donors (Lipinski definition) is 2. The van der Waals surface area contributed by atoms with E-state index in [-0.39, 0.29) is 18.2 Å². The zero-order chi connectivity index (χ0) is 17.5. The fourth-order valence-corrected chi connectivity index (χ4v) is 2.79. The van der Waals surface area contributed by atoms with E-state index in [0.717, 1.165) is 30.7 Å². The van der Waals surface area contributed by atoms with Gasteiger partial charge in [-0.25, -0.2) is 0 Å². The molecular weight excluding hydrogens is 324 g/mol. The molecule has 1 amide bonds. The number of hydrogen-bond acceptors (Lipinski definition) is 4. The summed E-state index contributed by atoms with van der Waals surface area (Å²) in [5.41, 5.74) is 0.740. The Bertz CT molecular complexity index is 738. The molecule has 6 nitrogen and oxygen atoms in total. The Morgan fingerprint density at radius 2 is 2.08 bits per heavy atom. The Kier molecular flexibility index (Phi) is 6.54. The molecular formula is C17H24N4O2S. The van der Waals surface area contributed by atoms with Crippen LogP contribution >= 0.6 is 12.2 Å². The maximum atomic E-state index is 12.8. The summed E-state index contributed by atoms with van der Waals surface area (Å²) in [5.74, 6) is 0.975. The van der Waals surface area contributed by atoms with Crippen molar-refractivity contribution in [2.75, 3.05) is 6.54 Å². The smallest absolute Gasteiger partial charge is 0.242 e. The van der Waals surface area contributed by atoms with Gasteiger partial charge in [-0.3, -0.25) is 14.5 Å². The predicted molar refractivity (Wildman–Crippen MR) is 95.2 cm³/mol. The van der Waals surface area contributed by atoms with E-state index < -0.39 is 0 Å². The van der Waals surface area contributed by atoms with Crippen molar-refractivity contribution >= 4 is 18.1 Å². The van der Waals surface area contributed by atoms with Crippen LogP contribution in [0.3, 0.4) is 0 Å². The highest BCUT2D eigenvalue weighted by molar-refractivity contribution is 7.71. The van der Waals surface area contributed by atoms with Gasteiger partial charge in [0.1, 0.15) is 18.1 Å². The Balaban J connectivity index is 2.16. The van der Waals surface area contributed by atoms with E-state index in [9.17, 15) is 9.90 Å². The Labute approximate surface area is 147 Å². The van der Waals surface area contributed by atoms with Gasteiger partial charge in [0.15, 0.2) is 4.77 Å². The van der Waals surface area contributed by atoms with E-state index in [1.54, 1.807) is 21.6 Å². The number of carbonyl (C=O) groups excluding carboxylic acids is 1. The predicted octanol–water partition coefficient (Wildman–Crippen LogP) is 3.04. The maximum absolute atomic E-state index is 12.8. The lowest BCUT2D eigenvalue weighted by Gasteiger charge is -2.23. The van der Waals surface area contributed by atoms with Crippen molar-refractivity contribution in [2.45, 2.75) is 46.2 Å². The molecule has 0 aliphatic rings. The average Bonchev–Trinajstić information content (AvgIpc) is 2.90. The minimum Gasteiger partial charge on any atom is -0.508 e. The Hall–Kier alpha value is -2.15. The lowest BCUT2D eigenvalue weighted by Crippen LogP contribution is -2.34. The first-order valence-electron chi connectivity index (χ1n) is 8.25. The molecule has 130 valence electrons. The fourth-order valence-electron chi connectivity index (χ4n) is 2.58. The normalized spacial score (nSPS) is 10.8. The number of aromatic hydroxyl groups is 1. The van der Waals surface area contributed by atoms with E-state index in [4.69, 9.17) is 12.2 Å². The summed E-state index contributed by atoms with van der Waals surface area (Å²) < 4.78 is 2.22. The number of aromatic nitrogens is 3. The third-order valence-electron chi connectivity index (χ3n) is 3.80. The zero-order valence-electron chi connectivity index (χ0n) is 14.2. The van der Waals surface area contributed by atoms with Crippen molar-refractivity contribution in [1.29, 1.82) is 0 Å². The number of carbonyl (C=O) groups is 1. The third-order valence-corrected chi connectivity index (χ3v) is 4.12. The van der Waals surface area contributed by atoms with Gasteiger partial charge in [0.2, 0.25) is 5.91 Å². The molecule has 1 heterocycles. The van der Waals surface area contributed by atoms with Crippen molar-refractivity contribution in [1.82, 2.24) is 19.7 Å². The molecule has 2 aromatic rings. The van der Waals surface area contributed by atoms with Crippen LogP contribution in [0.1, 0.15) is 38.1 Å². The van der Waals surface area contributed by atoms with E-state index in [2.05, 4.69) is 17.1 Å². The van der Waals surface area contributed by atoms with Crippen LogP contribution in [-0.4, -0.2) is 37.2 Å². The SMILES string of the molecule is CCCc1n[nH]c(=S)n1CC(=O)N(CCC)Cc1ccccc1O. The number of aromatic amines is 1. The number of nitrogens with zero attached hydrogens (tertiary/aromatic N) is 3. The van der Waals surface area contributed by atoms with Crippen molar-refractivity contribution in [3.63, 3.8) is 0 Å². The van der Waals surface area contributed by atoms with Gasteiger partial charge in [-0.05, 0) is 31.1 Å². The van der Waals surface area contributed by atoms with Crippen LogP contribution < -0.4 is 0 Å². The molecule has 0 atom stereocenters. The number of phenols is 1. The van der Waals surface area contributed by atoms with Crippen molar-refractivity contribution in [3.8, 4) is 5.75 Å². The molecule has 0 radical (unpaired) electrons. The van der Waals surface area contributed by atoms with Gasteiger partial charge in [0.05, 0.1) is 0 Å². The number of phenolic OH excluding ortho intramolecular Hbond substituents is 1. The largest absolute Gasteiger partial charge is 0.508 e. The standard InChI is InChI=1S/C17H24N4O2S/c1-3-7-15-18-19-17(24)21(15)12-16(23)20(10-4-2)11-13-8-5-6-9-14(13)22/h5-6,8-9,22H,3-4,7,10-12H2,1-2H3,(H,19,24). The molecule has 7 heteroatoms. The van der Waals surface area contributed by atoms with Gasteiger partial charge in [-0.2, -0.15) is 5.10 Å². The maximum Gasteiger partial charge on any atom is 0.242 e. The van der Waals surface area contributed by atoms with Gasteiger partial charge in [-0.1, -0.05) is 32.0 Å². The number of amides is 1. The molecule has 0 bridgehead atoms. The van der Waals surface area contributed by atoms with Crippen molar-refractivity contribution < 1.29 is 9.90 Å². The molecule has 0 saturated carbocycles.